The summed E-state index contributed by atoms with van der Waals surface area (Å²) in [7, 11) is 0. The van der Waals surface area contributed by atoms with Gasteiger partial charge in [-0.15, -0.1) is 0 Å². The molecule has 0 spiro atoms. The monoisotopic (exact) mass is 418 g/mol. The molecule has 3 nitrogen and oxygen atoms in total. The zero-order valence-electron chi connectivity index (χ0n) is 12.8. The Morgan fingerprint density at radius 1 is 1.29 bits per heavy atom. The number of halogens is 2. The first-order chi connectivity index (χ1) is 10.1. The van der Waals surface area contributed by atoms with Gasteiger partial charge in [-0.05, 0) is 67.8 Å². The molecular weight excluding hydrogens is 396 g/mol. The Hall–Kier alpha value is -0.100. The standard InChI is InChI=1S/C16H24Br2N2O/c1-3-21-16-13(8-14(17)9-15(16)18)11-19-10-12(2)20-6-4-5-7-20/h8-9,12,19H,3-7,10-11H2,1-2H3. The van der Waals surface area contributed by atoms with Gasteiger partial charge in [0.1, 0.15) is 5.75 Å². The molecule has 1 fully saturated rings. The van der Waals surface area contributed by atoms with E-state index in [0.29, 0.717) is 12.6 Å². The first kappa shape index (κ1) is 17.3. The van der Waals surface area contributed by atoms with E-state index in [1.165, 1.54) is 31.5 Å². The third-order valence-corrected chi connectivity index (χ3v) is 4.94. The summed E-state index contributed by atoms with van der Waals surface area (Å²) in [4.78, 5) is 2.56. The summed E-state index contributed by atoms with van der Waals surface area (Å²) in [5, 5.41) is 3.57. The van der Waals surface area contributed by atoms with E-state index in [9.17, 15) is 0 Å². The normalized spacial score (nSPS) is 17.1. The maximum absolute atomic E-state index is 5.76. The molecule has 21 heavy (non-hydrogen) atoms. The van der Waals surface area contributed by atoms with Crippen LogP contribution in [0.2, 0.25) is 0 Å². The van der Waals surface area contributed by atoms with Gasteiger partial charge in [0.25, 0.3) is 0 Å². The van der Waals surface area contributed by atoms with Crippen LogP contribution in [0.15, 0.2) is 21.1 Å². The van der Waals surface area contributed by atoms with Gasteiger partial charge in [0.15, 0.2) is 0 Å². The highest BCUT2D eigenvalue weighted by molar-refractivity contribution is 9.11. The molecule has 1 saturated heterocycles. The van der Waals surface area contributed by atoms with Crippen LogP contribution in [0.1, 0.15) is 32.3 Å². The van der Waals surface area contributed by atoms with Crippen LogP contribution in [-0.4, -0.2) is 37.2 Å². The third-order valence-electron chi connectivity index (χ3n) is 3.89. The highest BCUT2D eigenvalue weighted by Gasteiger charge is 2.17. The molecule has 1 aromatic rings. The van der Waals surface area contributed by atoms with E-state index >= 15 is 0 Å². The van der Waals surface area contributed by atoms with Crippen LogP contribution in [0.4, 0.5) is 0 Å². The summed E-state index contributed by atoms with van der Waals surface area (Å²) in [5.74, 6) is 0.946. The van der Waals surface area contributed by atoms with Gasteiger partial charge < -0.3 is 10.1 Å². The quantitative estimate of drug-likeness (QED) is 0.717. The van der Waals surface area contributed by atoms with Crippen molar-refractivity contribution in [2.24, 2.45) is 0 Å². The van der Waals surface area contributed by atoms with Crippen molar-refractivity contribution >= 4 is 31.9 Å². The van der Waals surface area contributed by atoms with Crippen molar-refractivity contribution in [3.05, 3.63) is 26.6 Å². The number of likely N-dealkylation sites (tertiary alicyclic amines) is 1. The Morgan fingerprint density at radius 2 is 2.00 bits per heavy atom. The number of hydrogen-bond acceptors (Lipinski definition) is 3. The van der Waals surface area contributed by atoms with E-state index < -0.39 is 0 Å². The minimum atomic E-state index is 0.596. The SMILES string of the molecule is CCOc1c(Br)cc(Br)cc1CNCC(C)N1CCCC1. The summed E-state index contributed by atoms with van der Waals surface area (Å²) in [6, 6.07) is 4.75. The third kappa shape index (κ3) is 4.95. The average Bonchev–Trinajstić information content (AvgIpc) is 2.96. The van der Waals surface area contributed by atoms with Gasteiger partial charge in [-0.3, -0.25) is 4.90 Å². The molecule has 5 heteroatoms. The van der Waals surface area contributed by atoms with Gasteiger partial charge in [-0.25, -0.2) is 0 Å². The zero-order valence-corrected chi connectivity index (χ0v) is 16.0. The molecular formula is C16H24Br2N2O. The van der Waals surface area contributed by atoms with Crippen molar-refractivity contribution in [2.75, 3.05) is 26.2 Å². The predicted molar refractivity (Wildman–Crippen MR) is 95.0 cm³/mol. The summed E-state index contributed by atoms with van der Waals surface area (Å²) in [5.41, 5.74) is 1.19. The minimum Gasteiger partial charge on any atom is -0.492 e. The molecule has 0 amide bonds. The number of nitrogens with one attached hydrogen (secondary N) is 1. The number of hydrogen-bond donors (Lipinski definition) is 1. The summed E-state index contributed by atoms with van der Waals surface area (Å²) in [6.07, 6.45) is 2.69. The fourth-order valence-electron chi connectivity index (χ4n) is 2.78. The van der Waals surface area contributed by atoms with Gasteiger partial charge in [0, 0.05) is 29.2 Å². The first-order valence-corrected chi connectivity index (χ1v) is 9.26. The van der Waals surface area contributed by atoms with Crippen LogP contribution in [0.25, 0.3) is 0 Å². The Labute approximate surface area is 144 Å². The lowest BCUT2D eigenvalue weighted by molar-refractivity contribution is 0.251. The lowest BCUT2D eigenvalue weighted by atomic mass is 10.2. The van der Waals surface area contributed by atoms with Crippen LogP contribution in [0.3, 0.4) is 0 Å². The molecule has 0 saturated carbocycles. The van der Waals surface area contributed by atoms with E-state index in [0.717, 1.165) is 27.8 Å². The molecule has 1 N–H and O–H groups in total. The Bertz CT molecular complexity index is 462. The van der Waals surface area contributed by atoms with Crippen LogP contribution in [-0.2, 0) is 6.54 Å². The van der Waals surface area contributed by atoms with E-state index in [-0.39, 0.29) is 0 Å². The first-order valence-electron chi connectivity index (χ1n) is 7.67. The lowest BCUT2D eigenvalue weighted by Crippen LogP contribution is -2.38. The second kappa shape index (κ2) is 8.51. The highest BCUT2D eigenvalue weighted by Crippen LogP contribution is 2.33. The predicted octanol–water partition coefficient (Wildman–Crippen LogP) is 4.18. The molecule has 0 aliphatic carbocycles. The summed E-state index contributed by atoms with van der Waals surface area (Å²) >= 11 is 7.13. The number of benzene rings is 1. The van der Waals surface area contributed by atoms with Crippen molar-refractivity contribution in [2.45, 2.75) is 39.3 Å². The number of nitrogens with zero attached hydrogens (tertiary/aromatic N) is 1. The van der Waals surface area contributed by atoms with Crippen molar-refractivity contribution in [1.29, 1.82) is 0 Å². The van der Waals surface area contributed by atoms with Gasteiger partial charge in [-0.2, -0.15) is 0 Å². The fraction of sp³-hybridized carbons (Fsp3) is 0.625. The van der Waals surface area contributed by atoms with Crippen molar-refractivity contribution in [3.8, 4) is 5.75 Å². The Kier molecular flexibility index (Phi) is 6.99. The van der Waals surface area contributed by atoms with Gasteiger partial charge in [0.05, 0.1) is 11.1 Å². The fourth-order valence-corrected chi connectivity index (χ4v) is 4.21. The molecule has 1 aromatic carbocycles. The van der Waals surface area contributed by atoms with Crippen LogP contribution in [0.5, 0.6) is 5.75 Å². The van der Waals surface area contributed by atoms with Crippen LogP contribution in [0, 0.1) is 0 Å². The molecule has 0 radical (unpaired) electrons. The second-order valence-electron chi connectivity index (χ2n) is 5.53. The summed E-state index contributed by atoms with van der Waals surface area (Å²) < 4.78 is 7.84. The Morgan fingerprint density at radius 3 is 2.67 bits per heavy atom. The van der Waals surface area contributed by atoms with Gasteiger partial charge >= 0.3 is 0 Å². The molecule has 118 valence electrons. The maximum atomic E-state index is 5.76. The number of rotatable bonds is 7. The van der Waals surface area contributed by atoms with Crippen molar-refractivity contribution in [1.82, 2.24) is 10.2 Å². The van der Waals surface area contributed by atoms with E-state index in [1.807, 2.05) is 13.0 Å². The maximum Gasteiger partial charge on any atom is 0.138 e. The van der Waals surface area contributed by atoms with Crippen molar-refractivity contribution in [3.63, 3.8) is 0 Å². The molecule has 1 aliphatic rings. The Balaban J connectivity index is 1.92. The van der Waals surface area contributed by atoms with Crippen LogP contribution >= 0.6 is 31.9 Å². The van der Waals surface area contributed by atoms with Crippen LogP contribution < -0.4 is 10.1 Å². The largest absolute Gasteiger partial charge is 0.492 e. The number of ether oxygens (including phenoxy) is 1. The second-order valence-corrected chi connectivity index (χ2v) is 7.30. The molecule has 1 unspecified atom stereocenters. The lowest BCUT2D eigenvalue weighted by Gasteiger charge is -2.24. The average molecular weight is 420 g/mol. The summed E-state index contributed by atoms with van der Waals surface area (Å²) in [6.45, 7) is 9.32. The molecule has 0 bridgehead atoms. The molecule has 1 aliphatic heterocycles. The molecule has 0 aromatic heterocycles. The molecule has 2 rings (SSSR count). The molecule has 1 atom stereocenters. The van der Waals surface area contributed by atoms with E-state index in [1.54, 1.807) is 0 Å². The highest BCUT2D eigenvalue weighted by atomic mass is 79.9. The topological polar surface area (TPSA) is 24.5 Å². The zero-order chi connectivity index (χ0) is 15.2. The smallest absolute Gasteiger partial charge is 0.138 e. The van der Waals surface area contributed by atoms with E-state index in [2.05, 4.69) is 55.1 Å². The van der Waals surface area contributed by atoms with E-state index in [4.69, 9.17) is 4.74 Å². The van der Waals surface area contributed by atoms with Crippen molar-refractivity contribution < 1.29 is 4.74 Å². The molecule has 1 heterocycles. The van der Waals surface area contributed by atoms with Gasteiger partial charge in [0.2, 0.25) is 0 Å². The van der Waals surface area contributed by atoms with Gasteiger partial charge in [-0.1, -0.05) is 15.9 Å². The minimum absolute atomic E-state index is 0.596.